The quantitative estimate of drug-likeness (QED) is 0.698. The van der Waals surface area contributed by atoms with Crippen LogP contribution in [0.2, 0.25) is 0 Å². The Labute approximate surface area is 145 Å². The number of benzene rings is 1. The van der Waals surface area contributed by atoms with E-state index in [0.717, 1.165) is 22.0 Å². The number of nitrogens with two attached hydrogens (primary N) is 1. The van der Waals surface area contributed by atoms with Crippen LogP contribution in [0.5, 0.6) is 0 Å². The van der Waals surface area contributed by atoms with E-state index in [1.54, 1.807) is 6.07 Å². The van der Waals surface area contributed by atoms with Crippen LogP contribution < -0.4 is 16.4 Å². The number of para-hydroxylation sites is 1. The van der Waals surface area contributed by atoms with Crippen LogP contribution in [0.4, 0.5) is 10.5 Å². The third kappa shape index (κ3) is 4.79. The number of primary amides is 1. The number of rotatable bonds is 6. The van der Waals surface area contributed by atoms with E-state index in [0.29, 0.717) is 5.69 Å². The molecule has 0 aliphatic heterocycles. The summed E-state index contributed by atoms with van der Waals surface area (Å²) in [5.41, 5.74) is 6.75. The van der Waals surface area contributed by atoms with Gasteiger partial charge < -0.3 is 20.8 Å². The molecule has 1 aromatic carbocycles. The molecule has 0 saturated carbocycles. The molecule has 0 radical (unpaired) electrons. The van der Waals surface area contributed by atoms with Crippen LogP contribution in [-0.4, -0.2) is 17.7 Å². The van der Waals surface area contributed by atoms with Gasteiger partial charge in [-0.3, -0.25) is 4.79 Å². The summed E-state index contributed by atoms with van der Waals surface area (Å²) in [5.74, 6) is 1.35. The summed E-state index contributed by atoms with van der Waals surface area (Å²) in [6.45, 7) is 5.63. The van der Waals surface area contributed by atoms with E-state index >= 15 is 0 Å². The highest BCUT2D eigenvalue weighted by Gasteiger charge is 2.16. The number of amides is 3. The van der Waals surface area contributed by atoms with Crippen molar-refractivity contribution in [3.8, 4) is 0 Å². The molecule has 1 aromatic heterocycles. The van der Waals surface area contributed by atoms with Gasteiger partial charge in [-0.25, -0.2) is 4.79 Å². The molecule has 1 atom stereocenters. The lowest BCUT2D eigenvalue weighted by Gasteiger charge is -2.15. The van der Waals surface area contributed by atoms with Crippen LogP contribution in [-0.2, 0) is 4.79 Å². The highest BCUT2D eigenvalue weighted by atomic mass is 32.2. The van der Waals surface area contributed by atoms with Crippen LogP contribution in [0.1, 0.15) is 30.0 Å². The van der Waals surface area contributed by atoms with Crippen molar-refractivity contribution < 1.29 is 14.0 Å². The number of nitrogens with one attached hydrogen (secondary N) is 2. The molecule has 0 unspecified atom stereocenters. The first-order valence-electron chi connectivity index (χ1n) is 7.51. The number of carbonyl (C=O) groups is 2. The van der Waals surface area contributed by atoms with Crippen molar-refractivity contribution in [3.63, 3.8) is 0 Å². The molecule has 0 bridgehead atoms. The Kier molecular flexibility index (Phi) is 5.92. The number of carbonyl (C=O) groups excluding carboxylic acids is 2. The Morgan fingerprint density at radius 3 is 2.62 bits per heavy atom. The maximum Gasteiger partial charge on any atom is 0.319 e. The second-order valence-electron chi connectivity index (χ2n) is 5.44. The van der Waals surface area contributed by atoms with E-state index in [1.807, 2.05) is 45.0 Å². The molecule has 2 rings (SSSR count). The highest BCUT2D eigenvalue weighted by Crippen LogP contribution is 2.27. The first kappa shape index (κ1) is 17.9. The second kappa shape index (κ2) is 7.92. The molecule has 6 nitrogen and oxygen atoms in total. The molecule has 0 fully saturated rings. The normalized spacial score (nSPS) is 11.8. The minimum Gasteiger partial charge on any atom is -0.466 e. The molecule has 24 heavy (non-hydrogen) atoms. The first-order chi connectivity index (χ1) is 11.4. The number of urea groups is 1. The molecule has 0 aliphatic rings. The Hall–Kier alpha value is -2.41. The van der Waals surface area contributed by atoms with Crippen LogP contribution >= 0.6 is 11.8 Å². The summed E-state index contributed by atoms with van der Waals surface area (Å²) in [7, 11) is 0. The van der Waals surface area contributed by atoms with Gasteiger partial charge in [0.15, 0.2) is 0 Å². The lowest BCUT2D eigenvalue weighted by molar-refractivity contribution is -0.115. The predicted octanol–water partition coefficient (Wildman–Crippen LogP) is 3.36. The molecule has 4 N–H and O–H groups in total. The Morgan fingerprint density at radius 1 is 1.29 bits per heavy atom. The molecule has 0 spiro atoms. The Bertz CT molecular complexity index is 742. The van der Waals surface area contributed by atoms with Gasteiger partial charge in [0.1, 0.15) is 11.5 Å². The van der Waals surface area contributed by atoms with Gasteiger partial charge >= 0.3 is 6.03 Å². The third-order valence-electron chi connectivity index (χ3n) is 3.40. The predicted molar refractivity (Wildman–Crippen MR) is 95.1 cm³/mol. The van der Waals surface area contributed by atoms with Crippen LogP contribution in [0, 0.1) is 13.8 Å². The maximum absolute atomic E-state index is 12.3. The summed E-state index contributed by atoms with van der Waals surface area (Å²) in [6.07, 6.45) is 0. The van der Waals surface area contributed by atoms with E-state index < -0.39 is 5.91 Å². The molecule has 0 aliphatic carbocycles. The molecule has 2 aromatic rings. The second-order valence-corrected chi connectivity index (χ2v) is 6.46. The van der Waals surface area contributed by atoms with Crippen molar-refractivity contribution >= 4 is 29.4 Å². The van der Waals surface area contributed by atoms with E-state index in [4.69, 9.17) is 10.2 Å². The molecule has 0 saturated heterocycles. The topological polar surface area (TPSA) is 97.4 Å². The van der Waals surface area contributed by atoms with E-state index in [2.05, 4.69) is 10.6 Å². The van der Waals surface area contributed by atoms with Crippen molar-refractivity contribution in [2.45, 2.75) is 31.7 Å². The summed E-state index contributed by atoms with van der Waals surface area (Å²) in [6, 6.07) is 8.66. The lowest BCUT2D eigenvalue weighted by Crippen LogP contribution is -2.31. The van der Waals surface area contributed by atoms with Gasteiger partial charge in [-0.05, 0) is 39.0 Å². The number of furan rings is 1. The van der Waals surface area contributed by atoms with Crippen LogP contribution in [0.3, 0.4) is 0 Å². The highest BCUT2D eigenvalue weighted by molar-refractivity contribution is 8.00. The minimum atomic E-state index is -0.404. The van der Waals surface area contributed by atoms with Gasteiger partial charge in [-0.2, -0.15) is 0 Å². The van der Waals surface area contributed by atoms with Gasteiger partial charge in [0.25, 0.3) is 0 Å². The van der Waals surface area contributed by atoms with Gasteiger partial charge in [0, 0.05) is 10.5 Å². The van der Waals surface area contributed by atoms with E-state index in [9.17, 15) is 9.59 Å². The summed E-state index contributed by atoms with van der Waals surface area (Å²) in [4.78, 5) is 24.0. The molecule has 7 heteroatoms. The third-order valence-corrected chi connectivity index (χ3v) is 4.49. The van der Waals surface area contributed by atoms with Gasteiger partial charge in [-0.15, -0.1) is 11.8 Å². The molecule has 3 amide bonds. The number of anilines is 1. The lowest BCUT2D eigenvalue weighted by atomic mass is 10.1. The Morgan fingerprint density at radius 2 is 2.00 bits per heavy atom. The van der Waals surface area contributed by atoms with Crippen LogP contribution in [0.15, 0.2) is 39.6 Å². The standard InChI is InChI=1S/C17H21N3O3S/c1-10-8-13(12(3)23-10)11(2)19-17(22)20-14-6-4-5-7-15(14)24-9-16(18)21/h4-8,11H,9H2,1-3H3,(H2,18,21)(H2,19,20,22)/t11-/m0/s1. The largest absolute Gasteiger partial charge is 0.466 e. The van der Waals surface area contributed by atoms with Crippen molar-refractivity contribution in [2.24, 2.45) is 5.73 Å². The SMILES string of the molecule is Cc1cc([C@H](C)NC(=O)Nc2ccccc2SCC(N)=O)c(C)o1. The molecule has 128 valence electrons. The van der Waals surface area contributed by atoms with Gasteiger partial charge in [0.2, 0.25) is 5.91 Å². The fraction of sp³-hybridized carbons (Fsp3) is 0.294. The van der Waals surface area contributed by atoms with Crippen molar-refractivity contribution in [1.29, 1.82) is 0 Å². The Balaban J connectivity index is 2.02. The van der Waals surface area contributed by atoms with E-state index in [-0.39, 0.29) is 17.8 Å². The summed E-state index contributed by atoms with van der Waals surface area (Å²) < 4.78 is 5.49. The molecule has 1 heterocycles. The van der Waals surface area contributed by atoms with Crippen molar-refractivity contribution in [1.82, 2.24) is 5.32 Å². The van der Waals surface area contributed by atoms with Crippen molar-refractivity contribution in [2.75, 3.05) is 11.1 Å². The number of hydrogen-bond acceptors (Lipinski definition) is 4. The van der Waals surface area contributed by atoms with Gasteiger partial charge in [-0.1, -0.05) is 12.1 Å². The van der Waals surface area contributed by atoms with Crippen molar-refractivity contribution in [3.05, 3.63) is 47.4 Å². The van der Waals surface area contributed by atoms with Crippen LogP contribution in [0.25, 0.3) is 0 Å². The minimum absolute atomic E-state index is 0.157. The average Bonchev–Trinajstić information content (AvgIpc) is 2.85. The smallest absolute Gasteiger partial charge is 0.319 e. The number of thioether (sulfide) groups is 1. The number of aryl methyl sites for hydroxylation is 2. The maximum atomic E-state index is 12.3. The zero-order chi connectivity index (χ0) is 17.7. The monoisotopic (exact) mass is 347 g/mol. The number of hydrogen-bond donors (Lipinski definition) is 3. The van der Waals surface area contributed by atoms with Gasteiger partial charge in [0.05, 0.1) is 17.5 Å². The summed E-state index contributed by atoms with van der Waals surface area (Å²) >= 11 is 1.29. The average molecular weight is 347 g/mol. The fourth-order valence-corrected chi connectivity index (χ4v) is 3.10. The zero-order valence-corrected chi connectivity index (χ0v) is 14.7. The summed E-state index contributed by atoms with van der Waals surface area (Å²) in [5, 5.41) is 5.69. The zero-order valence-electron chi connectivity index (χ0n) is 13.9. The molecular formula is C17H21N3O3S. The molecular weight excluding hydrogens is 326 g/mol. The van der Waals surface area contributed by atoms with E-state index in [1.165, 1.54) is 11.8 Å². The first-order valence-corrected chi connectivity index (χ1v) is 8.50. The fourth-order valence-electron chi connectivity index (χ4n) is 2.36.